The van der Waals surface area contributed by atoms with Gasteiger partial charge in [0.1, 0.15) is 17.9 Å². The number of fused-ring (bicyclic) bond motifs is 1. The Morgan fingerprint density at radius 3 is 2.40 bits per heavy atom. The Bertz CT molecular complexity index is 1250. The Morgan fingerprint density at radius 1 is 1.02 bits per heavy atom. The lowest BCUT2D eigenvalue weighted by Gasteiger charge is -2.22. The van der Waals surface area contributed by atoms with Gasteiger partial charge >= 0.3 is 11.9 Å². The molecule has 1 aromatic carbocycles. The summed E-state index contributed by atoms with van der Waals surface area (Å²) < 4.78 is 13.4. The van der Waals surface area contributed by atoms with Crippen molar-refractivity contribution in [2.45, 2.75) is 50.2 Å². The number of carbonyl (C=O) groups is 5. The van der Waals surface area contributed by atoms with Crippen molar-refractivity contribution in [2.75, 3.05) is 13.1 Å². The monoisotopic (exact) mass is 564 g/mol. The van der Waals surface area contributed by atoms with E-state index in [2.05, 4.69) is 26.3 Å². The van der Waals surface area contributed by atoms with Crippen LogP contribution in [0.25, 0.3) is 10.9 Å². The lowest BCUT2D eigenvalue weighted by atomic mass is 10.0. The van der Waals surface area contributed by atoms with Gasteiger partial charge in [-0.05, 0) is 49.4 Å². The summed E-state index contributed by atoms with van der Waals surface area (Å²) in [5.41, 5.74) is 12.4. The molecular formula is C24H33FN8O7. The number of hydrogen-bond donors (Lipinski definition) is 10. The molecule has 0 spiro atoms. The molecule has 0 saturated heterocycles. The molecule has 15 nitrogen and oxygen atoms in total. The standard InChI is InChI=1S/C24H33FN8O7/c25-13-3-4-14-12(10-30-18(14)9-13)8-15(26)21(37)31-11-19(34)32-16(2-1-7-29-24(27)28)22(38)33-17(23(39)40)5-6-20(35)36/h3-4,9-10,15-17,30H,1-2,5-8,11,26H2,(H,31,37)(H,32,34)(H,33,38)(H,35,36)(H,39,40)(H4,27,28,29)/t15-,16-,17-/m0/s1. The molecule has 12 N–H and O–H groups in total. The van der Waals surface area contributed by atoms with E-state index >= 15 is 0 Å². The second kappa shape index (κ2) is 15.0. The molecule has 0 saturated carbocycles. The summed E-state index contributed by atoms with van der Waals surface area (Å²) in [4.78, 5) is 62.9. The normalized spacial score (nSPS) is 13.1. The summed E-state index contributed by atoms with van der Waals surface area (Å²) in [6.45, 7) is -0.356. The number of aliphatic carboxylic acids is 2. The quantitative estimate of drug-likeness (QED) is 0.0638. The van der Waals surface area contributed by atoms with Gasteiger partial charge in [-0.3, -0.25) is 24.6 Å². The van der Waals surface area contributed by atoms with Gasteiger partial charge in [0, 0.05) is 30.1 Å². The molecule has 1 aromatic heterocycles. The van der Waals surface area contributed by atoms with E-state index in [9.17, 15) is 33.5 Å². The molecule has 3 atom stereocenters. The van der Waals surface area contributed by atoms with Gasteiger partial charge in [0.2, 0.25) is 17.7 Å². The fourth-order valence-electron chi connectivity index (χ4n) is 3.80. The van der Waals surface area contributed by atoms with E-state index in [1.165, 1.54) is 12.1 Å². The number of carboxylic acids is 2. The summed E-state index contributed by atoms with van der Waals surface area (Å²) in [6, 6.07) is 0.370. The van der Waals surface area contributed by atoms with Gasteiger partial charge < -0.3 is 47.9 Å². The minimum atomic E-state index is -1.50. The molecule has 0 fully saturated rings. The van der Waals surface area contributed by atoms with Crippen LogP contribution in [0.2, 0.25) is 0 Å². The number of amides is 3. The Hall–Kier alpha value is -4.73. The predicted molar refractivity (Wildman–Crippen MR) is 140 cm³/mol. The third-order valence-electron chi connectivity index (χ3n) is 5.83. The third-order valence-corrected chi connectivity index (χ3v) is 5.83. The van der Waals surface area contributed by atoms with Crippen molar-refractivity contribution in [1.29, 1.82) is 5.41 Å². The van der Waals surface area contributed by atoms with E-state index in [4.69, 9.17) is 22.0 Å². The van der Waals surface area contributed by atoms with Crippen LogP contribution in [0.3, 0.4) is 0 Å². The second-order valence-electron chi connectivity index (χ2n) is 8.97. The van der Waals surface area contributed by atoms with E-state index in [-0.39, 0.29) is 38.2 Å². The predicted octanol–water partition coefficient (Wildman–Crippen LogP) is -1.52. The number of benzene rings is 1. The van der Waals surface area contributed by atoms with Crippen LogP contribution < -0.4 is 32.7 Å². The number of hydrogen-bond acceptors (Lipinski definition) is 7. The second-order valence-corrected chi connectivity index (χ2v) is 8.97. The van der Waals surface area contributed by atoms with Crippen molar-refractivity contribution < 1.29 is 38.6 Å². The zero-order valence-electron chi connectivity index (χ0n) is 21.5. The van der Waals surface area contributed by atoms with Crippen LogP contribution in [0.15, 0.2) is 24.4 Å². The van der Waals surface area contributed by atoms with Crippen molar-refractivity contribution in [3.8, 4) is 0 Å². The number of rotatable bonds is 16. The number of nitrogens with two attached hydrogens (primary N) is 2. The lowest BCUT2D eigenvalue weighted by Crippen LogP contribution is -2.54. The maximum absolute atomic E-state index is 13.4. The first-order chi connectivity index (χ1) is 18.9. The van der Waals surface area contributed by atoms with E-state index in [1.807, 2.05) is 0 Å². The molecule has 0 aliphatic heterocycles. The number of carbonyl (C=O) groups excluding carboxylic acids is 3. The zero-order valence-corrected chi connectivity index (χ0v) is 21.5. The van der Waals surface area contributed by atoms with E-state index in [0.29, 0.717) is 16.5 Å². The molecule has 40 heavy (non-hydrogen) atoms. The van der Waals surface area contributed by atoms with Gasteiger partial charge in [-0.25, -0.2) is 9.18 Å². The Labute approximate surface area is 227 Å². The van der Waals surface area contributed by atoms with Crippen LogP contribution in [-0.2, 0) is 30.4 Å². The van der Waals surface area contributed by atoms with Crippen molar-refractivity contribution in [3.05, 3.63) is 35.8 Å². The molecule has 16 heteroatoms. The first kappa shape index (κ1) is 31.5. The van der Waals surface area contributed by atoms with Gasteiger partial charge in [0.05, 0.1) is 12.6 Å². The maximum atomic E-state index is 13.4. The van der Waals surface area contributed by atoms with Crippen LogP contribution in [0.5, 0.6) is 0 Å². The summed E-state index contributed by atoms with van der Waals surface area (Å²) in [5, 5.41) is 35.5. The van der Waals surface area contributed by atoms with Gasteiger partial charge in [-0.1, -0.05) is 0 Å². The minimum Gasteiger partial charge on any atom is -0.481 e. The van der Waals surface area contributed by atoms with Crippen molar-refractivity contribution in [1.82, 2.24) is 26.3 Å². The number of nitrogens with one attached hydrogen (secondary N) is 6. The Morgan fingerprint density at radius 2 is 1.75 bits per heavy atom. The smallest absolute Gasteiger partial charge is 0.326 e. The summed E-state index contributed by atoms with van der Waals surface area (Å²) >= 11 is 0. The number of carboxylic acid groups (broad SMARTS) is 2. The summed E-state index contributed by atoms with van der Waals surface area (Å²) in [5.74, 6) is -5.70. The fraction of sp³-hybridized carbons (Fsp3) is 0.417. The van der Waals surface area contributed by atoms with E-state index in [0.717, 1.165) is 0 Å². The molecule has 2 aromatic rings. The molecule has 0 bridgehead atoms. The fourth-order valence-corrected chi connectivity index (χ4v) is 3.80. The molecule has 3 amide bonds. The first-order valence-corrected chi connectivity index (χ1v) is 12.3. The molecule has 2 rings (SSSR count). The number of aromatic nitrogens is 1. The Kier molecular flexibility index (Phi) is 11.8. The van der Waals surface area contributed by atoms with Gasteiger partial charge in [-0.2, -0.15) is 0 Å². The van der Waals surface area contributed by atoms with Crippen molar-refractivity contribution in [3.63, 3.8) is 0 Å². The van der Waals surface area contributed by atoms with E-state index in [1.54, 1.807) is 12.3 Å². The molecule has 0 radical (unpaired) electrons. The van der Waals surface area contributed by atoms with Gasteiger partial charge in [-0.15, -0.1) is 0 Å². The average molecular weight is 565 g/mol. The molecule has 1 heterocycles. The van der Waals surface area contributed by atoms with Crippen LogP contribution in [-0.4, -0.2) is 82.0 Å². The topological polar surface area (TPSA) is 266 Å². The molecule has 0 aliphatic carbocycles. The number of aromatic amines is 1. The van der Waals surface area contributed by atoms with Crippen LogP contribution in [0.1, 0.15) is 31.2 Å². The third kappa shape index (κ3) is 10.2. The largest absolute Gasteiger partial charge is 0.481 e. The molecule has 0 unspecified atom stereocenters. The highest BCUT2D eigenvalue weighted by Crippen LogP contribution is 2.20. The Balaban J connectivity index is 1.96. The van der Waals surface area contributed by atoms with Gasteiger partial charge in [0.15, 0.2) is 5.96 Å². The lowest BCUT2D eigenvalue weighted by molar-refractivity contribution is -0.143. The van der Waals surface area contributed by atoms with Crippen LogP contribution in [0.4, 0.5) is 4.39 Å². The van der Waals surface area contributed by atoms with Gasteiger partial charge in [0.25, 0.3) is 0 Å². The summed E-state index contributed by atoms with van der Waals surface area (Å²) in [7, 11) is 0. The van der Waals surface area contributed by atoms with Crippen LogP contribution in [0, 0.1) is 11.2 Å². The van der Waals surface area contributed by atoms with E-state index < -0.39 is 66.6 Å². The first-order valence-electron chi connectivity index (χ1n) is 12.3. The minimum absolute atomic E-state index is 0.0116. The zero-order chi connectivity index (χ0) is 29.8. The summed E-state index contributed by atoms with van der Waals surface area (Å²) in [6.07, 6.45) is 1.09. The molecule has 0 aliphatic rings. The highest BCUT2D eigenvalue weighted by Gasteiger charge is 2.27. The van der Waals surface area contributed by atoms with Crippen LogP contribution >= 0.6 is 0 Å². The molecular weight excluding hydrogens is 531 g/mol. The average Bonchev–Trinajstić information content (AvgIpc) is 3.27. The highest BCUT2D eigenvalue weighted by atomic mass is 19.1. The molecule has 218 valence electrons. The number of H-pyrrole nitrogens is 1. The maximum Gasteiger partial charge on any atom is 0.326 e. The van der Waals surface area contributed by atoms with Crippen molar-refractivity contribution >= 4 is 46.5 Å². The van der Waals surface area contributed by atoms with Crippen molar-refractivity contribution in [2.24, 2.45) is 11.5 Å². The number of guanidine groups is 1. The highest BCUT2D eigenvalue weighted by molar-refractivity contribution is 5.93. The SMILES string of the molecule is N=C(N)NCCC[C@H](NC(=O)CNC(=O)[C@@H](N)Cc1c[nH]c2cc(F)ccc12)C(=O)N[C@@H](CCC(=O)O)C(=O)O. The number of halogens is 1.